The van der Waals surface area contributed by atoms with Crippen LogP contribution in [0, 0.1) is 0 Å². The maximum absolute atomic E-state index is 8.63. The van der Waals surface area contributed by atoms with E-state index in [9.17, 15) is 0 Å². The SMILES string of the molecule is O=[Te](=O)([O-])[O-].[GeH2+2]. The van der Waals surface area contributed by atoms with Crippen molar-refractivity contribution in [1.82, 2.24) is 0 Å². The molecule has 0 unspecified atom stereocenters. The molecule has 0 heterocycles. The van der Waals surface area contributed by atoms with Crippen LogP contribution in [0.25, 0.3) is 0 Å². The Hall–Kier alpha value is 0.852. The van der Waals surface area contributed by atoms with Crippen molar-refractivity contribution in [3.05, 3.63) is 0 Å². The zero-order chi connectivity index (χ0) is 4.50. The second kappa shape index (κ2) is 2.93. The van der Waals surface area contributed by atoms with Gasteiger partial charge >= 0.3 is 49.7 Å². The molecule has 0 aliphatic heterocycles. The van der Waals surface area contributed by atoms with Crippen molar-refractivity contribution < 1.29 is 13.2 Å². The van der Waals surface area contributed by atoms with Gasteiger partial charge in [0.25, 0.3) is 0 Å². The zero-order valence-electron chi connectivity index (χ0n) is 2.75. The predicted molar refractivity (Wildman–Crippen MR) is 15.7 cm³/mol. The molecule has 0 saturated carbocycles. The van der Waals surface area contributed by atoms with Crippen LogP contribution in [0.4, 0.5) is 0 Å². The van der Waals surface area contributed by atoms with E-state index in [0.717, 1.165) is 0 Å². The first-order valence-electron chi connectivity index (χ1n) is 0.667. The van der Waals surface area contributed by atoms with E-state index >= 15 is 0 Å². The summed E-state index contributed by atoms with van der Waals surface area (Å²) in [5.41, 5.74) is 0. The van der Waals surface area contributed by atoms with Crippen LogP contribution < -0.4 is 6.94 Å². The summed E-state index contributed by atoms with van der Waals surface area (Å²) in [5, 5.41) is 0. The first-order chi connectivity index (χ1) is 2.00. The van der Waals surface area contributed by atoms with Gasteiger partial charge in [0.1, 0.15) is 0 Å². The molecule has 0 fully saturated rings. The van der Waals surface area contributed by atoms with Gasteiger partial charge in [0.15, 0.2) is 0 Å². The Kier molecular flexibility index (Phi) is 4.88. The van der Waals surface area contributed by atoms with Gasteiger partial charge in [-0.05, 0) is 0 Å². The molecule has 0 aliphatic rings. The van der Waals surface area contributed by atoms with Gasteiger partial charge in [0.2, 0.25) is 0 Å². The molecule has 0 radical (unpaired) electrons. The Labute approximate surface area is 49.8 Å². The molecule has 0 rings (SSSR count). The summed E-state index contributed by atoms with van der Waals surface area (Å²) in [6.45, 7) is 0. The second-order valence-corrected chi connectivity index (χ2v) is 2.74. The number of rotatable bonds is 0. The summed E-state index contributed by atoms with van der Waals surface area (Å²) < 4.78 is 34.5. The van der Waals surface area contributed by atoms with Crippen LogP contribution in [0.15, 0.2) is 0 Å². The third kappa shape index (κ3) is 99.1. The molecular formula is H2GeO4Te. The van der Waals surface area contributed by atoms with Crippen molar-refractivity contribution in [3.8, 4) is 0 Å². The topological polar surface area (TPSA) is 80.3 Å². The Morgan fingerprint density at radius 1 is 1.17 bits per heavy atom. The van der Waals surface area contributed by atoms with Crippen LogP contribution in [0.3, 0.4) is 0 Å². The minimum atomic E-state index is -6.02. The van der Waals surface area contributed by atoms with Crippen molar-refractivity contribution in [3.63, 3.8) is 0 Å². The third-order valence-corrected chi connectivity index (χ3v) is 0. The molecule has 0 aromatic rings. The summed E-state index contributed by atoms with van der Waals surface area (Å²) in [4.78, 5) is 0. The van der Waals surface area contributed by atoms with Crippen LogP contribution in [0.1, 0.15) is 0 Å². The van der Waals surface area contributed by atoms with Crippen LogP contribution in [0.5, 0.6) is 0 Å². The molecule has 6 heavy (non-hydrogen) atoms. The summed E-state index contributed by atoms with van der Waals surface area (Å²) in [6, 6.07) is 0. The van der Waals surface area contributed by atoms with Crippen LogP contribution >= 0.6 is 0 Å². The maximum atomic E-state index is 8.63. The Balaban J connectivity index is 0. The summed E-state index contributed by atoms with van der Waals surface area (Å²) >= 11 is -6.02. The van der Waals surface area contributed by atoms with Crippen LogP contribution in [-0.4, -0.2) is 36.6 Å². The van der Waals surface area contributed by atoms with Crippen LogP contribution in [-0.2, 0) is 6.21 Å². The number of hydrogen-bond acceptors (Lipinski definition) is 4. The third-order valence-electron chi connectivity index (χ3n) is 0. The van der Waals surface area contributed by atoms with Crippen molar-refractivity contribution in [2.75, 3.05) is 0 Å². The first kappa shape index (κ1) is 9.97. The van der Waals surface area contributed by atoms with Crippen LogP contribution in [0.2, 0.25) is 0 Å². The zero-order valence-corrected chi connectivity index (χ0v) is 8.05. The van der Waals surface area contributed by atoms with E-state index in [2.05, 4.69) is 0 Å². The molecule has 0 saturated heterocycles. The van der Waals surface area contributed by atoms with Gasteiger partial charge in [-0.2, -0.15) is 0 Å². The van der Waals surface area contributed by atoms with E-state index in [1.165, 1.54) is 0 Å². The average Bonchev–Trinajstić information content (AvgIpc) is 0.722. The molecule has 0 amide bonds. The van der Waals surface area contributed by atoms with E-state index in [1.807, 2.05) is 0 Å². The first-order valence-corrected chi connectivity index (χ1v) is 4.47. The standard InChI is InChI=1S/GeH2.H2O4Te/c;1-5(2,3)4/h1H2;(H2,1,2,3,4)/q+2;/p-2. The number of hydrogen-bond donors (Lipinski definition) is 0. The molecular weight excluding hydrogens is 264 g/mol. The normalized spacial score (nSPS) is 9.67. The fraction of sp³-hybridized carbons (Fsp3) is 0. The Bertz CT molecular complexity index is 90.7. The summed E-state index contributed by atoms with van der Waals surface area (Å²) in [5.74, 6) is 0. The van der Waals surface area contributed by atoms with Gasteiger partial charge in [-0.25, -0.2) is 0 Å². The van der Waals surface area contributed by atoms with E-state index in [0.29, 0.717) is 0 Å². The fourth-order valence-corrected chi connectivity index (χ4v) is 0. The molecule has 0 spiro atoms. The van der Waals surface area contributed by atoms with E-state index in [1.54, 1.807) is 0 Å². The summed E-state index contributed by atoms with van der Waals surface area (Å²) in [6.07, 6.45) is 0. The molecule has 0 aromatic carbocycles. The van der Waals surface area contributed by atoms with Gasteiger partial charge < -0.3 is 0 Å². The summed E-state index contributed by atoms with van der Waals surface area (Å²) in [7, 11) is 0. The Morgan fingerprint density at radius 3 is 1.17 bits per heavy atom. The van der Waals surface area contributed by atoms with E-state index < -0.39 is 19.0 Å². The molecule has 0 N–H and O–H groups in total. The Morgan fingerprint density at radius 2 is 1.17 bits per heavy atom. The monoisotopic (exact) mass is 270 g/mol. The van der Waals surface area contributed by atoms with Crippen molar-refractivity contribution in [1.29, 1.82) is 0 Å². The quantitative estimate of drug-likeness (QED) is 0.420. The van der Waals surface area contributed by atoms with Crippen molar-refractivity contribution in [2.45, 2.75) is 0 Å². The molecule has 0 atom stereocenters. The molecule has 36 valence electrons. The van der Waals surface area contributed by atoms with Crippen molar-refractivity contribution >= 4 is 36.6 Å². The minimum absolute atomic E-state index is 0. The van der Waals surface area contributed by atoms with Gasteiger partial charge in [0, 0.05) is 0 Å². The van der Waals surface area contributed by atoms with E-state index in [4.69, 9.17) is 13.2 Å². The molecule has 4 nitrogen and oxygen atoms in total. The molecule has 0 bridgehead atoms. The molecule has 0 aliphatic carbocycles. The molecule has 6 heteroatoms. The molecule has 0 aromatic heterocycles. The second-order valence-electron chi connectivity index (χ2n) is 0.408. The van der Waals surface area contributed by atoms with Gasteiger partial charge in [-0.15, -0.1) is 0 Å². The average molecular weight is 266 g/mol. The predicted octanol–water partition coefficient (Wildman–Crippen LogP) is -3.91. The van der Waals surface area contributed by atoms with Gasteiger partial charge in [0.05, 0.1) is 0 Å². The van der Waals surface area contributed by atoms with Crippen molar-refractivity contribution in [2.24, 2.45) is 0 Å². The van der Waals surface area contributed by atoms with Gasteiger partial charge in [-0.1, -0.05) is 0 Å². The van der Waals surface area contributed by atoms with E-state index in [-0.39, 0.29) is 17.6 Å². The van der Waals surface area contributed by atoms with Gasteiger partial charge in [-0.3, -0.25) is 0 Å². The fourth-order valence-electron chi connectivity index (χ4n) is 0.